The van der Waals surface area contributed by atoms with Crippen LogP contribution in [0, 0.1) is 5.92 Å². The first-order valence-corrected chi connectivity index (χ1v) is 9.47. The Morgan fingerprint density at radius 1 is 1.22 bits per heavy atom. The SMILES string of the molecule is CCNC(=NCCCCC(C)C)N1CCOC(C2CCCO2)C1. The minimum Gasteiger partial charge on any atom is -0.375 e. The smallest absolute Gasteiger partial charge is 0.194 e. The molecule has 2 unspecified atom stereocenters. The van der Waals surface area contributed by atoms with E-state index in [4.69, 9.17) is 14.5 Å². The summed E-state index contributed by atoms with van der Waals surface area (Å²) in [5.74, 6) is 1.84. The standard InChI is InChI=1S/C18H35N3O2/c1-4-19-18(20-10-6-5-8-15(2)3)21-11-13-23-17(14-21)16-9-7-12-22-16/h15-17H,4-14H2,1-3H3,(H,19,20). The molecule has 2 rings (SSSR count). The summed E-state index contributed by atoms with van der Waals surface area (Å²) in [5.41, 5.74) is 0. The van der Waals surface area contributed by atoms with E-state index in [1.165, 1.54) is 19.3 Å². The number of nitrogens with zero attached hydrogens (tertiary/aromatic N) is 2. The minimum atomic E-state index is 0.191. The zero-order valence-electron chi connectivity index (χ0n) is 15.2. The zero-order valence-corrected chi connectivity index (χ0v) is 15.2. The number of guanidine groups is 1. The van der Waals surface area contributed by atoms with Crippen LogP contribution in [0.2, 0.25) is 0 Å². The molecule has 0 aliphatic carbocycles. The molecule has 0 spiro atoms. The van der Waals surface area contributed by atoms with Crippen LogP contribution in [0.15, 0.2) is 4.99 Å². The number of nitrogens with one attached hydrogen (secondary N) is 1. The molecule has 5 nitrogen and oxygen atoms in total. The highest BCUT2D eigenvalue weighted by molar-refractivity contribution is 5.80. The van der Waals surface area contributed by atoms with Crippen LogP contribution in [0.4, 0.5) is 0 Å². The number of rotatable bonds is 7. The summed E-state index contributed by atoms with van der Waals surface area (Å²) in [6.07, 6.45) is 6.48. The van der Waals surface area contributed by atoms with Crippen molar-refractivity contribution < 1.29 is 9.47 Å². The molecule has 0 radical (unpaired) electrons. The van der Waals surface area contributed by atoms with Crippen molar-refractivity contribution in [3.05, 3.63) is 0 Å². The minimum absolute atomic E-state index is 0.191. The van der Waals surface area contributed by atoms with E-state index in [0.29, 0.717) is 0 Å². The van der Waals surface area contributed by atoms with Crippen LogP contribution in [0.3, 0.4) is 0 Å². The lowest BCUT2D eigenvalue weighted by Gasteiger charge is -2.37. The Morgan fingerprint density at radius 2 is 2.04 bits per heavy atom. The Labute approximate surface area is 141 Å². The first-order chi connectivity index (χ1) is 11.2. The van der Waals surface area contributed by atoms with E-state index in [2.05, 4.69) is 31.0 Å². The van der Waals surface area contributed by atoms with E-state index >= 15 is 0 Å². The molecule has 23 heavy (non-hydrogen) atoms. The molecule has 0 aromatic rings. The number of ether oxygens (including phenoxy) is 2. The van der Waals surface area contributed by atoms with Gasteiger partial charge in [-0.1, -0.05) is 26.7 Å². The Hall–Kier alpha value is -0.810. The first-order valence-electron chi connectivity index (χ1n) is 9.47. The molecule has 2 heterocycles. The fourth-order valence-corrected chi connectivity index (χ4v) is 3.26. The van der Waals surface area contributed by atoms with Crippen molar-refractivity contribution in [2.24, 2.45) is 10.9 Å². The first kappa shape index (κ1) is 18.5. The fraction of sp³-hybridized carbons (Fsp3) is 0.944. The van der Waals surface area contributed by atoms with Crippen molar-refractivity contribution >= 4 is 5.96 Å². The Kier molecular flexibility index (Phi) is 8.17. The maximum Gasteiger partial charge on any atom is 0.194 e. The van der Waals surface area contributed by atoms with Gasteiger partial charge in [-0.2, -0.15) is 0 Å². The molecule has 5 heteroatoms. The van der Waals surface area contributed by atoms with E-state index < -0.39 is 0 Å². The van der Waals surface area contributed by atoms with Crippen molar-refractivity contribution in [3.63, 3.8) is 0 Å². The van der Waals surface area contributed by atoms with Gasteiger partial charge in [0.1, 0.15) is 6.10 Å². The van der Waals surface area contributed by atoms with Crippen molar-refractivity contribution in [3.8, 4) is 0 Å². The van der Waals surface area contributed by atoms with Crippen LogP contribution in [0.25, 0.3) is 0 Å². The maximum absolute atomic E-state index is 5.94. The number of hydrogen-bond acceptors (Lipinski definition) is 3. The molecule has 134 valence electrons. The molecule has 2 atom stereocenters. The second-order valence-electron chi connectivity index (χ2n) is 7.03. The number of unbranched alkanes of at least 4 members (excludes halogenated alkanes) is 1. The molecule has 2 aliphatic heterocycles. The quantitative estimate of drug-likeness (QED) is 0.444. The third-order valence-electron chi connectivity index (χ3n) is 4.56. The predicted molar refractivity (Wildman–Crippen MR) is 95.0 cm³/mol. The van der Waals surface area contributed by atoms with E-state index in [0.717, 1.165) is 64.1 Å². The molecule has 0 bridgehead atoms. The molecule has 2 aliphatic rings. The van der Waals surface area contributed by atoms with Gasteiger partial charge in [0.25, 0.3) is 0 Å². The topological polar surface area (TPSA) is 46.1 Å². The van der Waals surface area contributed by atoms with E-state index in [1.807, 2.05) is 0 Å². The van der Waals surface area contributed by atoms with Gasteiger partial charge in [-0.05, 0) is 32.1 Å². The van der Waals surface area contributed by atoms with Crippen LogP contribution in [0.5, 0.6) is 0 Å². The van der Waals surface area contributed by atoms with Gasteiger partial charge in [-0.25, -0.2) is 0 Å². The second kappa shape index (κ2) is 10.1. The monoisotopic (exact) mass is 325 g/mol. The van der Waals surface area contributed by atoms with Gasteiger partial charge in [0, 0.05) is 32.8 Å². The van der Waals surface area contributed by atoms with E-state index in [9.17, 15) is 0 Å². The van der Waals surface area contributed by atoms with Crippen LogP contribution in [0.1, 0.15) is 52.9 Å². The molecule has 0 aromatic heterocycles. The summed E-state index contributed by atoms with van der Waals surface area (Å²) < 4.78 is 11.7. The fourth-order valence-electron chi connectivity index (χ4n) is 3.26. The molecular weight excluding hydrogens is 290 g/mol. The van der Waals surface area contributed by atoms with Gasteiger partial charge < -0.3 is 19.7 Å². The van der Waals surface area contributed by atoms with Crippen molar-refractivity contribution in [1.29, 1.82) is 0 Å². The summed E-state index contributed by atoms with van der Waals surface area (Å²) >= 11 is 0. The summed E-state index contributed by atoms with van der Waals surface area (Å²) in [5, 5.41) is 3.44. The maximum atomic E-state index is 5.94. The normalized spacial score (nSPS) is 26.1. The molecule has 0 amide bonds. The lowest BCUT2D eigenvalue weighted by atomic mass is 10.1. The van der Waals surface area contributed by atoms with Crippen molar-refractivity contribution in [1.82, 2.24) is 10.2 Å². The van der Waals surface area contributed by atoms with Gasteiger partial charge in [0.2, 0.25) is 0 Å². The molecule has 0 aromatic carbocycles. The van der Waals surface area contributed by atoms with Gasteiger partial charge >= 0.3 is 0 Å². The van der Waals surface area contributed by atoms with Crippen LogP contribution >= 0.6 is 0 Å². The van der Waals surface area contributed by atoms with Gasteiger partial charge in [0.05, 0.1) is 12.7 Å². The molecule has 2 saturated heterocycles. The molecule has 1 N–H and O–H groups in total. The molecule has 2 fully saturated rings. The number of aliphatic imine (C=N–C) groups is 1. The van der Waals surface area contributed by atoms with Gasteiger partial charge in [0.15, 0.2) is 5.96 Å². The van der Waals surface area contributed by atoms with Crippen molar-refractivity contribution in [2.75, 3.05) is 39.4 Å². The number of hydrogen-bond donors (Lipinski definition) is 1. The third-order valence-corrected chi connectivity index (χ3v) is 4.56. The van der Waals surface area contributed by atoms with E-state index in [1.54, 1.807) is 0 Å². The van der Waals surface area contributed by atoms with E-state index in [-0.39, 0.29) is 12.2 Å². The van der Waals surface area contributed by atoms with Gasteiger partial charge in [-0.15, -0.1) is 0 Å². The summed E-state index contributed by atoms with van der Waals surface area (Å²) in [6.45, 7) is 12.0. The van der Waals surface area contributed by atoms with Crippen molar-refractivity contribution in [2.45, 2.75) is 65.1 Å². The molecule has 0 saturated carbocycles. The Bertz CT molecular complexity index is 354. The predicted octanol–water partition coefficient (Wildman–Crippen LogP) is 2.66. The average molecular weight is 325 g/mol. The van der Waals surface area contributed by atoms with Crippen LogP contribution < -0.4 is 5.32 Å². The molecular formula is C18H35N3O2. The number of morpholine rings is 1. The summed E-state index contributed by atoms with van der Waals surface area (Å²) in [7, 11) is 0. The highest BCUT2D eigenvalue weighted by Crippen LogP contribution is 2.21. The summed E-state index contributed by atoms with van der Waals surface area (Å²) in [4.78, 5) is 7.18. The highest BCUT2D eigenvalue weighted by Gasteiger charge is 2.32. The van der Waals surface area contributed by atoms with Crippen LogP contribution in [-0.2, 0) is 9.47 Å². The van der Waals surface area contributed by atoms with Crippen LogP contribution in [-0.4, -0.2) is 62.5 Å². The van der Waals surface area contributed by atoms with Gasteiger partial charge in [-0.3, -0.25) is 4.99 Å². The summed E-state index contributed by atoms with van der Waals surface area (Å²) in [6, 6.07) is 0. The lowest BCUT2D eigenvalue weighted by molar-refractivity contribution is -0.0817. The zero-order chi connectivity index (χ0) is 16.5. The Morgan fingerprint density at radius 3 is 2.74 bits per heavy atom. The highest BCUT2D eigenvalue weighted by atomic mass is 16.5. The largest absolute Gasteiger partial charge is 0.375 e. The lowest BCUT2D eigenvalue weighted by Crippen LogP contribution is -2.53. The Balaban J connectivity index is 1.82. The third kappa shape index (κ3) is 6.30. The average Bonchev–Trinajstić information content (AvgIpc) is 3.08. The second-order valence-corrected chi connectivity index (χ2v) is 7.03.